The molecular weight excluding hydrogens is 351 g/mol. The fourth-order valence-corrected chi connectivity index (χ4v) is 2.37. The summed E-state index contributed by atoms with van der Waals surface area (Å²) in [5.41, 5.74) is -3.09. The summed E-state index contributed by atoms with van der Waals surface area (Å²) in [6, 6.07) is 1.70. The highest BCUT2D eigenvalue weighted by molar-refractivity contribution is 6.30. The van der Waals surface area contributed by atoms with Crippen molar-refractivity contribution < 1.29 is 13.2 Å². The molecule has 0 aliphatic rings. The normalized spacial score (nSPS) is 12.0. The Morgan fingerprint density at radius 2 is 1.96 bits per heavy atom. The Balaban J connectivity index is 2.23. The molecule has 0 fully saturated rings. The third-order valence-corrected chi connectivity index (χ3v) is 3.56. The predicted molar refractivity (Wildman–Crippen MR) is 78.9 cm³/mol. The van der Waals surface area contributed by atoms with Gasteiger partial charge in [0.15, 0.2) is 0 Å². The SMILES string of the molecule is Cn1c(=O)n(Cn2cc(Cl)cn2)c(=O)c2ccc(C(F)(F)F)nc21. The van der Waals surface area contributed by atoms with Gasteiger partial charge >= 0.3 is 11.9 Å². The van der Waals surface area contributed by atoms with Crippen LogP contribution in [0.4, 0.5) is 13.2 Å². The minimum atomic E-state index is -4.68. The average Bonchev–Trinajstić information content (AvgIpc) is 2.93. The molecule has 3 aromatic heterocycles. The minimum Gasteiger partial charge on any atom is -0.280 e. The lowest BCUT2D eigenvalue weighted by atomic mass is 10.2. The fourth-order valence-electron chi connectivity index (χ4n) is 2.22. The van der Waals surface area contributed by atoms with Crippen LogP contribution >= 0.6 is 11.6 Å². The predicted octanol–water partition coefficient (Wildman–Crippen LogP) is 1.47. The number of pyridine rings is 1. The first-order valence-electron chi connectivity index (χ1n) is 6.54. The molecule has 0 amide bonds. The number of hydrogen-bond acceptors (Lipinski definition) is 4. The lowest BCUT2D eigenvalue weighted by Gasteiger charge is -2.12. The van der Waals surface area contributed by atoms with Gasteiger partial charge in [-0.15, -0.1) is 0 Å². The van der Waals surface area contributed by atoms with E-state index in [-0.39, 0.29) is 17.7 Å². The molecule has 3 heterocycles. The van der Waals surface area contributed by atoms with Crippen molar-refractivity contribution in [3.8, 4) is 0 Å². The van der Waals surface area contributed by atoms with E-state index in [1.807, 2.05) is 0 Å². The quantitative estimate of drug-likeness (QED) is 0.694. The van der Waals surface area contributed by atoms with Crippen molar-refractivity contribution in [3.63, 3.8) is 0 Å². The Morgan fingerprint density at radius 1 is 1.25 bits per heavy atom. The Kier molecular flexibility index (Phi) is 3.71. The van der Waals surface area contributed by atoms with Crippen molar-refractivity contribution >= 4 is 22.6 Å². The van der Waals surface area contributed by atoms with E-state index in [2.05, 4.69) is 10.1 Å². The van der Waals surface area contributed by atoms with Crippen LogP contribution in [-0.4, -0.2) is 23.9 Å². The molecule has 24 heavy (non-hydrogen) atoms. The van der Waals surface area contributed by atoms with Crippen molar-refractivity contribution in [3.05, 3.63) is 56.1 Å². The van der Waals surface area contributed by atoms with E-state index in [1.165, 1.54) is 24.1 Å². The van der Waals surface area contributed by atoms with Crippen LogP contribution in [0.2, 0.25) is 5.02 Å². The Morgan fingerprint density at radius 3 is 2.54 bits per heavy atom. The maximum atomic E-state index is 12.8. The maximum Gasteiger partial charge on any atom is 0.433 e. The number of aryl methyl sites for hydroxylation is 1. The number of rotatable bonds is 2. The lowest BCUT2D eigenvalue weighted by Crippen LogP contribution is -2.41. The molecule has 0 atom stereocenters. The van der Waals surface area contributed by atoms with Crippen LogP contribution in [0.3, 0.4) is 0 Å². The fraction of sp³-hybridized carbons (Fsp3) is 0.231. The molecule has 0 saturated heterocycles. The minimum absolute atomic E-state index is 0.108. The molecule has 0 bridgehead atoms. The summed E-state index contributed by atoms with van der Waals surface area (Å²) in [5, 5.41) is 4.07. The zero-order chi connectivity index (χ0) is 17.6. The van der Waals surface area contributed by atoms with E-state index in [4.69, 9.17) is 11.6 Å². The van der Waals surface area contributed by atoms with Crippen molar-refractivity contribution in [2.24, 2.45) is 7.05 Å². The number of alkyl halides is 3. The van der Waals surface area contributed by atoms with Crippen LogP contribution in [0.25, 0.3) is 11.0 Å². The summed E-state index contributed by atoms with van der Waals surface area (Å²) in [6.07, 6.45) is -1.94. The second-order valence-corrected chi connectivity index (χ2v) is 5.42. The average molecular weight is 360 g/mol. The maximum absolute atomic E-state index is 12.8. The summed E-state index contributed by atoms with van der Waals surface area (Å²) < 4.78 is 41.3. The van der Waals surface area contributed by atoms with Crippen LogP contribution in [0.5, 0.6) is 0 Å². The van der Waals surface area contributed by atoms with Gasteiger partial charge in [0, 0.05) is 13.2 Å². The molecule has 11 heteroatoms. The van der Waals surface area contributed by atoms with Gasteiger partial charge in [0.1, 0.15) is 18.0 Å². The van der Waals surface area contributed by atoms with Crippen molar-refractivity contribution in [2.75, 3.05) is 0 Å². The van der Waals surface area contributed by atoms with Crippen molar-refractivity contribution in [2.45, 2.75) is 12.8 Å². The molecule has 7 nitrogen and oxygen atoms in total. The highest BCUT2D eigenvalue weighted by Crippen LogP contribution is 2.28. The Hall–Kier alpha value is -2.62. The van der Waals surface area contributed by atoms with Crippen LogP contribution in [0.15, 0.2) is 34.1 Å². The van der Waals surface area contributed by atoms with Gasteiger partial charge in [0.05, 0.1) is 16.6 Å². The van der Waals surface area contributed by atoms with Gasteiger partial charge in [-0.25, -0.2) is 14.3 Å². The summed E-state index contributed by atoms with van der Waals surface area (Å²) in [4.78, 5) is 28.1. The third kappa shape index (κ3) is 2.68. The van der Waals surface area contributed by atoms with Crippen molar-refractivity contribution in [1.82, 2.24) is 23.9 Å². The van der Waals surface area contributed by atoms with Gasteiger partial charge in [-0.3, -0.25) is 14.0 Å². The standard InChI is InChI=1S/C13H9ClF3N5O2/c1-20-10-8(2-3-9(19-10)13(15,16)17)11(23)22(12(20)24)6-21-5-7(14)4-18-21/h2-5H,6H2,1H3. The molecule has 0 aliphatic carbocycles. The van der Waals surface area contributed by atoms with Gasteiger partial charge in [0.25, 0.3) is 5.56 Å². The van der Waals surface area contributed by atoms with Crippen molar-refractivity contribution in [1.29, 1.82) is 0 Å². The van der Waals surface area contributed by atoms with Gasteiger partial charge in [0.2, 0.25) is 0 Å². The highest BCUT2D eigenvalue weighted by Gasteiger charge is 2.33. The van der Waals surface area contributed by atoms with E-state index in [9.17, 15) is 22.8 Å². The van der Waals surface area contributed by atoms with Gasteiger partial charge in [-0.05, 0) is 12.1 Å². The largest absolute Gasteiger partial charge is 0.433 e. The lowest BCUT2D eigenvalue weighted by molar-refractivity contribution is -0.141. The van der Waals surface area contributed by atoms with Crippen LogP contribution in [0.1, 0.15) is 5.69 Å². The van der Waals surface area contributed by atoms with Crippen LogP contribution in [0, 0.1) is 0 Å². The molecule has 0 N–H and O–H groups in total. The van der Waals surface area contributed by atoms with Gasteiger partial charge in [-0.2, -0.15) is 18.3 Å². The molecule has 0 aliphatic heterocycles. The Bertz CT molecular complexity index is 1050. The van der Waals surface area contributed by atoms with Gasteiger partial charge in [-0.1, -0.05) is 11.6 Å². The Labute approximate surface area is 136 Å². The van der Waals surface area contributed by atoms with E-state index in [1.54, 1.807) is 0 Å². The molecule has 126 valence electrons. The zero-order valence-electron chi connectivity index (χ0n) is 12.1. The molecule has 3 aromatic rings. The summed E-state index contributed by atoms with van der Waals surface area (Å²) in [7, 11) is 1.24. The van der Waals surface area contributed by atoms with Crippen LogP contribution in [-0.2, 0) is 19.9 Å². The molecule has 0 saturated carbocycles. The second kappa shape index (κ2) is 5.48. The third-order valence-electron chi connectivity index (χ3n) is 3.36. The highest BCUT2D eigenvalue weighted by atomic mass is 35.5. The molecule has 0 aromatic carbocycles. The molecule has 0 radical (unpaired) electrons. The first-order valence-corrected chi connectivity index (χ1v) is 6.92. The van der Waals surface area contributed by atoms with Gasteiger partial charge < -0.3 is 0 Å². The topological polar surface area (TPSA) is 74.7 Å². The van der Waals surface area contributed by atoms with E-state index >= 15 is 0 Å². The van der Waals surface area contributed by atoms with E-state index in [0.717, 1.165) is 15.2 Å². The number of nitrogens with zero attached hydrogens (tertiary/aromatic N) is 5. The van der Waals surface area contributed by atoms with Crippen LogP contribution < -0.4 is 11.2 Å². The number of hydrogen-bond donors (Lipinski definition) is 0. The smallest absolute Gasteiger partial charge is 0.280 e. The monoisotopic (exact) mass is 359 g/mol. The summed E-state index contributed by atoms with van der Waals surface area (Å²) in [5.74, 6) is 0. The second-order valence-electron chi connectivity index (χ2n) is 4.98. The molecular formula is C13H9ClF3N5O2. The molecule has 3 rings (SSSR count). The molecule has 0 spiro atoms. The van der Waals surface area contributed by atoms with E-state index in [0.29, 0.717) is 11.1 Å². The number of halogens is 4. The first-order chi connectivity index (χ1) is 11.2. The van der Waals surface area contributed by atoms with E-state index < -0.39 is 23.1 Å². The summed E-state index contributed by atoms with van der Waals surface area (Å²) in [6.45, 7) is -0.227. The first kappa shape index (κ1) is 16.2. The summed E-state index contributed by atoms with van der Waals surface area (Å²) >= 11 is 5.72. The zero-order valence-corrected chi connectivity index (χ0v) is 12.8. The molecule has 0 unspecified atom stereocenters. The number of aromatic nitrogens is 5. The number of fused-ring (bicyclic) bond motifs is 1.